The van der Waals surface area contributed by atoms with Crippen molar-refractivity contribution in [2.24, 2.45) is 17.8 Å². The number of benzene rings is 2. The van der Waals surface area contributed by atoms with Crippen LogP contribution in [-0.4, -0.2) is 24.8 Å². The Kier molecular flexibility index (Phi) is 24.2. The van der Waals surface area contributed by atoms with Crippen molar-refractivity contribution < 1.29 is 19.1 Å². The fourth-order valence-corrected chi connectivity index (χ4v) is 4.53. The van der Waals surface area contributed by atoms with Crippen molar-refractivity contribution in [2.75, 3.05) is 13.2 Å². The Bertz CT molecular complexity index is 1020. The van der Waals surface area contributed by atoms with Gasteiger partial charge in [0.05, 0.1) is 13.2 Å². The van der Waals surface area contributed by atoms with Gasteiger partial charge < -0.3 is 9.47 Å². The average Bonchev–Trinajstić information content (AvgIpc) is 3.01. The largest absolute Gasteiger partial charge is 0.493 e. The predicted octanol–water partition coefficient (Wildman–Crippen LogP) is 11.2. The van der Waals surface area contributed by atoms with Crippen LogP contribution in [0.1, 0.15) is 137 Å². The van der Waals surface area contributed by atoms with Crippen LogP contribution >= 0.6 is 0 Å². The highest BCUT2D eigenvalue weighted by Gasteiger charge is 2.08. The molecule has 2 aromatic rings. The van der Waals surface area contributed by atoms with Gasteiger partial charge in [-0.05, 0) is 92.7 Å². The summed E-state index contributed by atoms with van der Waals surface area (Å²) in [6.45, 7) is 22.0. The molecule has 4 heteroatoms. The van der Waals surface area contributed by atoms with E-state index >= 15 is 0 Å². The minimum Gasteiger partial charge on any atom is -0.493 e. The zero-order valence-corrected chi connectivity index (χ0v) is 30.1. The zero-order chi connectivity index (χ0) is 33.3. The molecule has 44 heavy (non-hydrogen) atoms. The van der Waals surface area contributed by atoms with Crippen molar-refractivity contribution in [1.82, 2.24) is 0 Å². The van der Waals surface area contributed by atoms with Crippen molar-refractivity contribution >= 4 is 11.6 Å². The maximum Gasteiger partial charge on any atom is 0.135 e. The SMILES string of the molecule is CC.CC(C)COc1cccc(CCCCCC(=O)C(C)C)c1.CCCOc1cccc(CCCCCC(=O)C(C)C)c1C. The Morgan fingerprint density at radius 2 is 1.27 bits per heavy atom. The van der Waals surface area contributed by atoms with Gasteiger partial charge in [-0.3, -0.25) is 9.59 Å². The van der Waals surface area contributed by atoms with Crippen LogP contribution in [0, 0.1) is 24.7 Å². The molecule has 0 aliphatic heterocycles. The van der Waals surface area contributed by atoms with Crippen molar-refractivity contribution in [3.05, 3.63) is 59.2 Å². The van der Waals surface area contributed by atoms with E-state index < -0.39 is 0 Å². The van der Waals surface area contributed by atoms with E-state index in [2.05, 4.69) is 64.1 Å². The van der Waals surface area contributed by atoms with Crippen molar-refractivity contribution in [1.29, 1.82) is 0 Å². The van der Waals surface area contributed by atoms with Gasteiger partial charge in [0.15, 0.2) is 0 Å². The summed E-state index contributed by atoms with van der Waals surface area (Å²) in [7, 11) is 0. The third-order valence-corrected chi connectivity index (χ3v) is 7.39. The molecular weight excluding hydrogens is 544 g/mol. The van der Waals surface area contributed by atoms with E-state index in [1.54, 1.807) is 0 Å². The lowest BCUT2D eigenvalue weighted by atomic mass is 9.99. The van der Waals surface area contributed by atoms with Crippen LogP contribution in [0.15, 0.2) is 42.5 Å². The summed E-state index contributed by atoms with van der Waals surface area (Å²) in [5, 5.41) is 0. The van der Waals surface area contributed by atoms with Crippen LogP contribution in [-0.2, 0) is 22.4 Å². The normalized spacial score (nSPS) is 10.7. The molecule has 2 rings (SSSR count). The molecule has 4 nitrogen and oxygen atoms in total. The highest BCUT2D eigenvalue weighted by Crippen LogP contribution is 2.23. The summed E-state index contributed by atoms with van der Waals surface area (Å²) in [5.41, 5.74) is 3.97. The molecule has 250 valence electrons. The fraction of sp³-hybridized carbons (Fsp3) is 0.650. The Morgan fingerprint density at radius 1 is 0.705 bits per heavy atom. The molecule has 0 radical (unpaired) electrons. The van der Waals surface area contributed by atoms with Gasteiger partial charge >= 0.3 is 0 Å². The maximum absolute atomic E-state index is 11.6. The first-order chi connectivity index (χ1) is 21.0. The van der Waals surface area contributed by atoms with Gasteiger partial charge in [0.1, 0.15) is 23.1 Å². The lowest BCUT2D eigenvalue weighted by Crippen LogP contribution is -2.06. The minimum atomic E-state index is 0.180. The second-order valence-electron chi connectivity index (χ2n) is 12.6. The smallest absolute Gasteiger partial charge is 0.135 e. The van der Waals surface area contributed by atoms with E-state index in [1.165, 1.54) is 16.7 Å². The summed E-state index contributed by atoms with van der Waals surface area (Å²) < 4.78 is 11.5. The van der Waals surface area contributed by atoms with E-state index in [0.29, 0.717) is 17.5 Å². The van der Waals surface area contributed by atoms with E-state index in [0.717, 1.165) is 95.3 Å². The third kappa shape index (κ3) is 19.6. The van der Waals surface area contributed by atoms with Crippen molar-refractivity contribution in [3.8, 4) is 11.5 Å². The first-order valence-electron chi connectivity index (χ1n) is 17.5. The van der Waals surface area contributed by atoms with E-state index in [-0.39, 0.29) is 11.8 Å². The number of unbranched alkanes of at least 4 members (excludes halogenated alkanes) is 4. The molecule has 0 aliphatic rings. The van der Waals surface area contributed by atoms with Gasteiger partial charge in [-0.2, -0.15) is 0 Å². The lowest BCUT2D eigenvalue weighted by molar-refractivity contribution is -0.122. The average molecular weight is 611 g/mol. The first-order valence-corrected chi connectivity index (χ1v) is 17.5. The van der Waals surface area contributed by atoms with Crippen LogP contribution in [0.25, 0.3) is 0 Å². The second-order valence-corrected chi connectivity index (χ2v) is 12.6. The Hall–Kier alpha value is -2.62. The summed E-state index contributed by atoms with van der Waals surface area (Å²) in [6, 6.07) is 14.7. The lowest BCUT2D eigenvalue weighted by Gasteiger charge is -2.12. The zero-order valence-electron chi connectivity index (χ0n) is 30.1. The van der Waals surface area contributed by atoms with Crippen LogP contribution in [0.2, 0.25) is 0 Å². The first kappa shape index (κ1) is 41.4. The highest BCUT2D eigenvalue weighted by atomic mass is 16.5. The van der Waals surface area contributed by atoms with Crippen LogP contribution < -0.4 is 9.47 Å². The van der Waals surface area contributed by atoms with E-state index in [4.69, 9.17) is 9.47 Å². The molecule has 0 aromatic heterocycles. The third-order valence-electron chi connectivity index (χ3n) is 7.39. The number of hydrogen-bond acceptors (Lipinski definition) is 4. The molecule has 0 heterocycles. The van der Waals surface area contributed by atoms with Crippen molar-refractivity contribution in [3.63, 3.8) is 0 Å². The fourth-order valence-electron chi connectivity index (χ4n) is 4.53. The molecule has 0 unspecified atom stereocenters. The number of hydrogen-bond donors (Lipinski definition) is 0. The molecular formula is C40H66O4. The van der Waals surface area contributed by atoms with E-state index in [9.17, 15) is 9.59 Å². The molecule has 2 aromatic carbocycles. The van der Waals surface area contributed by atoms with Gasteiger partial charge in [0.2, 0.25) is 0 Å². The van der Waals surface area contributed by atoms with Crippen LogP contribution in [0.5, 0.6) is 11.5 Å². The van der Waals surface area contributed by atoms with Crippen molar-refractivity contribution in [2.45, 2.75) is 140 Å². The molecule has 0 spiro atoms. The second kappa shape index (κ2) is 25.7. The van der Waals surface area contributed by atoms with Gasteiger partial charge in [-0.15, -0.1) is 0 Å². The number of Topliss-reactive ketones (excluding diaryl/α,β-unsaturated/α-hetero) is 2. The minimum absolute atomic E-state index is 0.180. The Balaban J connectivity index is 0.000000795. The molecule has 0 fully saturated rings. The van der Waals surface area contributed by atoms with Crippen LogP contribution in [0.3, 0.4) is 0 Å². The molecule has 0 aliphatic carbocycles. The number of carbonyl (C=O) groups is 2. The topological polar surface area (TPSA) is 52.6 Å². The molecule has 0 bridgehead atoms. The summed E-state index contributed by atoms with van der Waals surface area (Å²) in [6.07, 6.45) is 11.2. The highest BCUT2D eigenvalue weighted by molar-refractivity contribution is 5.80. The summed E-state index contributed by atoms with van der Waals surface area (Å²) in [5.74, 6) is 3.67. The molecule has 0 saturated carbocycles. The number of ketones is 2. The summed E-state index contributed by atoms with van der Waals surface area (Å²) >= 11 is 0. The van der Waals surface area contributed by atoms with Crippen LogP contribution in [0.4, 0.5) is 0 Å². The standard InChI is InChI=1S/2C19H30O2.C2H6/c1-15(2)14-21-18-11-8-10-17(13-18)9-6-5-7-12-19(20)16(3)4;1-5-14-21-19-13-9-11-17(16(19)4)10-7-6-8-12-18(20)15(2)3;1-2/h8,10-11,13,15-16H,5-7,9,12,14H2,1-4H3;9,11,13,15H,5-8,10,12,14H2,1-4H3;1-2H3. The monoisotopic (exact) mass is 610 g/mol. The number of aryl methyl sites for hydroxylation is 2. The Morgan fingerprint density at radius 3 is 1.82 bits per heavy atom. The summed E-state index contributed by atoms with van der Waals surface area (Å²) in [4.78, 5) is 23.1. The molecule has 0 saturated heterocycles. The van der Waals surface area contributed by atoms with Gasteiger partial charge in [0, 0.05) is 24.7 Å². The molecule has 0 amide bonds. The predicted molar refractivity (Wildman–Crippen MR) is 189 cm³/mol. The van der Waals surface area contributed by atoms with Gasteiger partial charge in [-0.1, -0.05) is 99.4 Å². The quantitative estimate of drug-likeness (QED) is 0.140. The number of carbonyl (C=O) groups excluding carboxylic acids is 2. The van der Waals surface area contributed by atoms with Gasteiger partial charge in [-0.25, -0.2) is 0 Å². The molecule has 0 atom stereocenters. The molecule has 0 N–H and O–H groups in total. The van der Waals surface area contributed by atoms with Gasteiger partial charge in [0.25, 0.3) is 0 Å². The number of ether oxygens (including phenoxy) is 2. The Labute approximate surface area is 271 Å². The maximum atomic E-state index is 11.6. The number of rotatable bonds is 20. The van der Waals surface area contributed by atoms with E-state index in [1.807, 2.05) is 47.6 Å².